The second kappa shape index (κ2) is 11.1. The molecule has 5 N–H and O–H groups in total. The predicted molar refractivity (Wildman–Crippen MR) is 37.9 cm³/mol. The third-order valence-corrected chi connectivity index (χ3v) is 0.972. The quantitative estimate of drug-likeness (QED) is 0.0994. The molecule has 0 aromatic rings. The second-order valence-electron chi connectivity index (χ2n) is 1.69. The van der Waals surface area contributed by atoms with Gasteiger partial charge in [-0.15, -0.1) is 0 Å². The van der Waals surface area contributed by atoms with Crippen LogP contribution >= 0.6 is 0 Å². The molecule has 14 heavy (non-hydrogen) atoms. The van der Waals surface area contributed by atoms with E-state index in [-0.39, 0.29) is 76.9 Å². The van der Waals surface area contributed by atoms with E-state index in [0.717, 1.165) is 0 Å². The Balaban J connectivity index is -0.000000125. The molecular formula is C6H7Hg2N2O4+. The van der Waals surface area contributed by atoms with Crippen LogP contribution in [0.3, 0.4) is 0 Å². The van der Waals surface area contributed by atoms with Gasteiger partial charge in [0.1, 0.15) is 4.90 Å². The van der Waals surface area contributed by atoms with E-state index in [0.29, 0.717) is 5.70 Å². The SMILES string of the molecule is NC1=C=CC(=[N+]([O-])O)C=[C+]1.[Hg+].[Hg+].[OH-].[OH-]. The maximum Gasteiger partial charge on any atom is 1.00 e. The molecule has 0 aromatic heterocycles. The van der Waals surface area contributed by atoms with E-state index in [1.54, 1.807) is 0 Å². The molecule has 1 rings (SSSR count). The maximum absolute atomic E-state index is 10.1. The van der Waals surface area contributed by atoms with Gasteiger partial charge >= 0.3 is 61.0 Å². The van der Waals surface area contributed by atoms with Gasteiger partial charge in [-0.1, -0.05) is 0 Å². The van der Waals surface area contributed by atoms with E-state index in [1.165, 1.54) is 12.2 Å². The van der Waals surface area contributed by atoms with Crippen molar-refractivity contribution in [2.75, 3.05) is 0 Å². The molecular weight excluding hydrogens is 565 g/mol. The first-order chi connectivity index (χ1) is 4.70. The minimum absolute atomic E-state index is 0. The number of nitrogens with zero attached hydrogens (tertiary/aromatic N) is 1. The molecule has 6 nitrogen and oxygen atoms in total. The van der Waals surface area contributed by atoms with Crippen LogP contribution in [0.4, 0.5) is 0 Å². The molecule has 68 valence electrons. The normalized spacial score (nSPS) is 14.1. The third-order valence-electron chi connectivity index (χ3n) is 0.972. The molecule has 0 saturated carbocycles. The summed E-state index contributed by atoms with van der Waals surface area (Å²) in [6.45, 7) is 0. The van der Waals surface area contributed by atoms with Crippen LogP contribution in [0.15, 0.2) is 23.6 Å². The average Bonchev–Trinajstić information content (AvgIpc) is 1.88. The van der Waals surface area contributed by atoms with Crippen molar-refractivity contribution in [1.82, 2.24) is 0 Å². The number of hydrogen-bond donors (Lipinski definition) is 2. The van der Waals surface area contributed by atoms with Gasteiger partial charge in [0.15, 0.2) is 12.2 Å². The molecule has 0 atom stereocenters. The standard InChI is InChI=1S/C6H5N2O2.2Hg.2H2O/c7-5-1-3-6(4-2-5)8(9)10;;;;/h3-4H,7H2,(H,9,10);;;2*1H2/q3*+1;;/p-2. The first-order valence-electron chi connectivity index (χ1n) is 2.55. The van der Waals surface area contributed by atoms with Gasteiger partial charge < -0.3 is 21.9 Å². The minimum atomic E-state index is -0.271. The van der Waals surface area contributed by atoms with Crippen molar-refractivity contribution in [2.24, 2.45) is 5.73 Å². The first-order valence-corrected chi connectivity index (χ1v) is 2.55. The first kappa shape index (κ1) is 23.7. The Labute approximate surface area is 122 Å². The summed E-state index contributed by atoms with van der Waals surface area (Å²) >= 11 is 0. The Kier molecular flexibility index (Phi) is 18.8. The van der Waals surface area contributed by atoms with Gasteiger partial charge in [0, 0.05) is 0 Å². The summed E-state index contributed by atoms with van der Waals surface area (Å²) in [7, 11) is 0. The van der Waals surface area contributed by atoms with Crippen LogP contribution in [0.1, 0.15) is 0 Å². The number of allylic oxidation sites excluding steroid dienone is 2. The van der Waals surface area contributed by atoms with Crippen LogP contribution in [-0.4, -0.2) is 26.8 Å². The molecule has 0 fully saturated rings. The van der Waals surface area contributed by atoms with Crippen molar-refractivity contribution in [3.8, 4) is 0 Å². The second-order valence-corrected chi connectivity index (χ2v) is 1.69. The van der Waals surface area contributed by atoms with E-state index in [4.69, 9.17) is 10.9 Å². The van der Waals surface area contributed by atoms with Gasteiger partial charge in [0.25, 0.3) is 5.70 Å². The minimum Gasteiger partial charge on any atom is -0.870 e. The van der Waals surface area contributed by atoms with Crippen molar-refractivity contribution in [1.29, 1.82) is 0 Å². The van der Waals surface area contributed by atoms with E-state index < -0.39 is 0 Å². The summed E-state index contributed by atoms with van der Waals surface area (Å²) in [6, 6.07) is 0. The molecule has 0 spiro atoms. The van der Waals surface area contributed by atoms with Crippen LogP contribution in [-0.2, 0) is 55.3 Å². The number of hydrogen-bond acceptors (Lipinski definition) is 5. The van der Waals surface area contributed by atoms with E-state index >= 15 is 0 Å². The van der Waals surface area contributed by atoms with Crippen molar-refractivity contribution in [3.63, 3.8) is 0 Å². The maximum atomic E-state index is 10.1. The Morgan fingerprint density at radius 1 is 1.43 bits per heavy atom. The smallest absolute Gasteiger partial charge is 0.870 e. The van der Waals surface area contributed by atoms with Gasteiger partial charge in [0.05, 0.1) is 11.8 Å². The fourth-order valence-corrected chi connectivity index (χ4v) is 0.497. The van der Waals surface area contributed by atoms with E-state index in [2.05, 4.69) is 11.8 Å². The predicted octanol–water partition coefficient (Wildman–Crippen LogP) is -0.661. The van der Waals surface area contributed by atoms with Crippen molar-refractivity contribution < 1.29 is 76.4 Å². The zero-order chi connectivity index (χ0) is 7.56. The summed E-state index contributed by atoms with van der Waals surface area (Å²) in [4.78, 5) is -0.271. The van der Waals surface area contributed by atoms with Crippen LogP contribution in [0.2, 0.25) is 0 Å². The van der Waals surface area contributed by atoms with Crippen molar-refractivity contribution >= 4 is 5.71 Å². The Morgan fingerprint density at radius 3 is 2.21 bits per heavy atom. The Hall–Kier alpha value is 0.0301. The van der Waals surface area contributed by atoms with Crippen molar-refractivity contribution in [2.45, 2.75) is 0 Å². The van der Waals surface area contributed by atoms with Crippen molar-refractivity contribution in [3.05, 3.63) is 34.9 Å². The number of nitrogens with two attached hydrogens (primary N) is 1. The molecule has 0 aromatic carbocycles. The molecule has 0 bridgehead atoms. The average molecular weight is 572 g/mol. The molecule has 0 unspecified atom stereocenters. The zero-order valence-corrected chi connectivity index (χ0v) is 18.3. The summed E-state index contributed by atoms with van der Waals surface area (Å²) in [6.07, 6.45) is 5.06. The topological polar surface area (TPSA) is 132 Å². The summed E-state index contributed by atoms with van der Waals surface area (Å²) in [5.41, 5.74) is 8.09. The molecule has 0 saturated heterocycles. The van der Waals surface area contributed by atoms with Crippen LogP contribution in [0, 0.1) is 11.3 Å². The molecule has 0 aliphatic heterocycles. The fourth-order valence-electron chi connectivity index (χ4n) is 0.497. The molecule has 1 aliphatic carbocycles. The molecule has 2 radical (unpaired) electrons. The van der Waals surface area contributed by atoms with Crippen LogP contribution in [0.25, 0.3) is 0 Å². The van der Waals surface area contributed by atoms with Gasteiger partial charge in [-0.2, -0.15) is 0 Å². The van der Waals surface area contributed by atoms with E-state index in [1.807, 2.05) is 0 Å². The summed E-state index contributed by atoms with van der Waals surface area (Å²) in [5.74, 6) is 0. The third kappa shape index (κ3) is 7.44. The number of rotatable bonds is 0. The van der Waals surface area contributed by atoms with Crippen LogP contribution in [0.5, 0.6) is 0 Å². The largest absolute Gasteiger partial charge is 1.00 e. The van der Waals surface area contributed by atoms with Gasteiger partial charge in [-0.05, 0) is 0 Å². The fraction of sp³-hybridized carbons (Fsp3) is 0. The van der Waals surface area contributed by atoms with Crippen LogP contribution < -0.4 is 5.73 Å². The molecule has 1 aliphatic rings. The zero-order valence-electron chi connectivity index (χ0n) is 7.34. The van der Waals surface area contributed by atoms with Gasteiger partial charge in [-0.25, -0.2) is 5.21 Å². The molecule has 0 heterocycles. The van der Waals surface area contributed by atoms with Gasteiger partial charge in [-0.3, -0.25) is 0 Å². The Bertz CT molecular complexity index is 278. The Morgan fingerprint density at radius 2 is 1.93 bits per heavy atom. The molecule has 8 heteroatoms. The summed E-state index contributed by atoms with van der Waals surface area (Å²) < 4.78 is 0. The summed E-state index contributed by atoms with van der Waals surface area (Å²) in [5, 5.41) is 18.5. The molecule has 0 amide bonds. The van der Waals surface area contributed by atoms with Gasteiger partial charge in [0.2, 0.25) is 0 Å². The van der Waals surface area contributed by atoms with E-state index in [9.17, 15) is 5.21 Å². The monoisotopic (exact) mass is 575 g/mol.